The second-order valence-corrected chi connectivity index (χ2v) is 6.85. The van der Waals surface area contributed by atoms with Gasteiger partial charge >= 0.3 is 10.4 Å². The third-order valence-corrected chi connectivity index (χ3v) is 4.09. The van der Waals surface area contributed by atoms with E-state index in [2.05, 4.69) is 18.0 Å². The lowest BCUT2D eigenvalue weighted by molar-refractivity contribution is 0.261. The minimum Gasteiger partial charge on any atom is -0.264 e. The van der Waals surface area contributed by atoms with Crippen LogP contribution in [0.25, 0.3) is 0 Å². The van der Waals surface area contributed by atoms with Crippen molar-refractivity contribution in [2.75, 3.05) is 6.61 Å². The molecule has 0 fully saturated rings. The summed E-state index contributed by atoms with van der Waals surface area (Å²) < 4.78 is 33.3. The van der Waals surface area contributed by atoms with Crippen molar-refractivity contribution in [2.24, 2.45) is 5.92 Å². The molecule has 5 heteroatoms. The lowest BCUT2D eigenvalue weighted by atomic mass is 9.96. The largest absolute Gasteiger partial charge is 0.397 e. The van der Waals surface area contributed by atoms with Crippen LogP contribution in [0.3, 0.4) is 0 Å². The summed E-state index contributed by atoms with van der Waals surface area (Å²) >= 11 is 0. The van der Waals surface area contributed by atoms with E-state index >= 15 is 0 Å². The summed E-state index contributed by atoms with van der Waals surface area (Å²) in [7, 11) is -4.25. The highest BCUT2D eigenvalue weighted by Gasteiger charge is 2.04. The zero-order valence-electron chi connectivity index (χ0n) is 13.1. The van der Waals surface area contributed by atoms with Crippen LogP contribution in [0, 0.1) is 5.92 Å². The van der Waals surface area contributed by atoms with Crippen LogP contribution < -0.4 is 0 Å². The molecule has 0 aliphatic heterocycles. The van der Waals surface area contributed by atoms with Gasteiger partial charge in [-0.15, -0.1) is 0 Å². The van der Waals surface area contributed by atoms with Crippen LogP contribution in [0.15, 0.2) is 0 Å². The highest BCUT2D eigenvalue weighted by atomic mass is 32.3. The molecule has 0 aliphatic rings. The van der Waals surface area contributed by atoms with Crippen LogP contribution in [0.5, 0.6) is 0 Å². The van der Waals surface area contributed by atoms with Gasteiger partial charge < -0.3 is 0 Å². The molecule has 1 atom stereocenters. The Bertz CT molecular complexity index is 301. The van der Waals surface area contributed by atoms with E-state index in [0.717, 1.165) is 18.8 Å². The van der Waals surface area contributed by atoms with Gasteiger partial charge in [-0.25, -0.2) is 4.18 Å². The van der Waals surface area contributed by atoms with Crippen LogP contribution in [0.2, 0.25) is 0 Å². The smallest absolute Gasteiger partial charge is 0.264 e. The third kappa shape index (κ3) is 15.9. The summed E-state index contributed by atoms with van der Waals surface area (Å²) in [6.45, 7) is 4.65. The summed E-state index contributed by atoms with van der Waals surface area (Å²) in [6, 6.07) is 0. The van der Waals surface area contributed by atoms with E-state index in [1.807, 2.05) is 0 Å². The predicted octanol–water partition coefficient (Wildman–Crippen LogP) is 4.75. The summed E-state index contributed by atoms with van der Waals surface area (Å²) in [5.74, 6) is 0.797. The first-order valence-corrected chi connectivity index (χ1v) is 9.44. The zero-order chi connectivity index (χ0) is 15.3. The summed E-state index contributed by atoms with van der Waals surface area (Å²) in [6.07, 6.45) is 13.3. The Morgan fingerprint density at radius 1 is 0.900 bits per heavy atom. The van der Waals surface area contributed by atoms with Crippen LogP contribution in [0.4, 0.5) is 0 Å². The van der Waals surface area contributed by atoms with Gasteiger partial charge in [-0.1, -0.05) is 78.1 Å². The molecule has 0 aromatic carbocycles. The molecule has 122 valence electrons. The van der Waals surface area contributed by atoms with E-state index in [9.17, 15) is 8.42 Å². The van der Waals surface area contributed by atoms with E-state index in [1.165, 1.54) is 51.4 Å². The minimum atomic E-state index is -4.25. The highest BCUT2D eigenvalue weighted by molar-refractivity contribution is 7.80. The molecule has 1 unspecified atom stereocenters. The van der Waals surface area contributed by atoms with Gasteiger partial charge in [0.1, 0.15) is 0 Å². The molecule has 0 bridgehead atoms. The van der Waals surface area contributed by atoms with Gasteiger partial charge in [0.2, 0.25) is 0 Å². The Hall–Kier alpha value is -0.130. The molecule has 0 spiro atoms. The van der Waals surface area contributed by atoms with Crippen molar-refractivity contribution >= 4 is 10.4 Å². The van der Waals surface area contributed by atoms with Crippen molar-refractivity contribution in [2.45, 2.75) is 84.5 Å². The minimum absolute atomic E-state index is 0.0891. The molecule has 0 rings (SSSR count). The van der Waals surface area contributed by atoms with E-state index in [0.29, 0.717) is 6.42 Å². The average molecular weight is 308 g/mol. The first-order chi connectivity index (χ1) is 9.45. The van der Waals surface area contributed by atoms with E-state index in [4.69, 9.17) is 4.55 Å². The number of hydrogen-bond donors (Lipinski definition) is 1. The maximum absolute atomic E-state index is 10.3. The zero-order valence-corrected chi connectivity index (χ0v) is 14.0. The Balaban J connectivity index is 3.25. The molecule has 0 aliphatic carbocycles. The van der Waals surface area contributed by atoms with Crippen molar-refractivity contribution in [3.05, 3.63) is 0 Å². The molecule has 0 saturated carbocycles. The quantitative estimate of drug-likeness (QED) is 0.371. The molecule has 0 radical (unpaired) electrons. The Morgan fingerprint density at radius 3 is 1.90 bits per heavy atom. The second kappa shape index (κ2) is 12.6. The van der Waals surface area contributed by atoms with Crippen molar-refractivity contribution in [1.82, 2.24) is 0 Å². The van der Waals surface area contributed by atoms with Gasteiger partial charge in [0.05, 0.1) is 6.61 Å². The van der Waals surface area contributed by atoms with Gasteiger partial charge in [-0.05, 0) is 12.3 Å². The van der Waals surface area contributed by atoms with E-state index < -0.39 is 10.4 Å². The lowest BCUT2D eigenvalue weighted by Gasteiger charge is -2.10. The topological polar surface area (TPSA) is 63.6 Å². The van der Waals surface area contributed by atoms with E-state index in [1.54, 1.807) is 0 Å². The van der Waals surface area contributed by atoms with Crippen molar-refractivity contribution in [1.29, 1.82) is 0 Å². The molecule has 1 N–H and O–H groups in total. The van der Waals surface area contributed by atoms with Crippen molar-refractivity contribution < 1.29 is 17.2 Å². The summed E-state index contributed by atoms with van der Waals surface area (Å²) in [5.41, 5.74) is 0. The fraction of sp³-hybridized carbons (Fsp3) is 1.00. The molecular formula is C15H32O4S. The van der Waals surface area contributed by atoms with Crippen LogP contribution in [-0.4, -0.2) is 19.6 Å². The fourth-order valence-electron chi connectivity index (χ4n) is 2.35. The molecule has 0 saturated heterocycles. The standard InChI is InChI=1S/C15H32O4S/c1-3-4-5-6-9-12-15(2)13-10-7-8-11-14-19-20(16,17)18/h15H,3-14H2,1-2H3,(H,16,17,18). The summed E-state index contributed by atoms with van der Waals surface area (Å²) in [4.78, 5) is 0. The number of rotatable bonds is 14. The Kier molecular flexibility index (Phi) is 12.5. The van der Waals surface area contributed by atoms with Gasteiger partial charge in [0.25, 0.3) is 0 Å². The first kappa shape index (κ1) is 19.9. The Labute approximate surface area is 125 Å². The molecule has 20 heavy (non-hydrogen) atoms. The van der Waals surface area contributed by atoms with Crippen LogP contribution in [0.1, 0.15) is 84.5 Å². The summed E-state index contributed by atoms with van der Waals surface area (Å²) in [5, 5.41) is 0. The van der Waals surface area contributed by atoms with Crippen LogP contribution >= 0.6 is 0 Å². The molecule has 0 aromatic heterocycles. The second-order valence-electron chi connectivity index (χ2n) is 5.76. The predicted molar refractivity (Wildman–Crippen MR) is 83.1 cm³/mol. The number of unbranched alkanes of at least 4 members (excludes halogenated alkanes) is 7. The van der Waals surface area contributed by atoms with Gasteiger partial charge in [-0.3, -0.25) is 4.55 Å². The SMILES string of the molecule is CCCCCCCC(C)CCCCCCOS(=O)(=O)O. The number of hydrogen-bond acceptors (Lipinski definition) is 3. The lowest BCUT2D eigenvalue weighted by Crippen LogP contribution is -2.04. The van der Waals surface area contributed by atoms with Gasteiger partial charge in [0, 0.05) is 0 Å². The van der Waals surface area contributed by atoms with E-state index in [-0.39, 0.29) is 6.61 Å². The van der Waals surface area contributed by atoms with Crippen LogP contribution in [-0.2, 0) is 14.6 Å². The molecule has 0 aromatic rings. The van der Waals surface area contributed by atoms with Gasteiger partial charge in [-0.2, -0.15) is 8.42 Å². The molecule has 0 heterocycles. The highest BCUT2D eigenvalue weighted by Crippen LogP contribution is 2.17. The first-order valence-electron chi connectivity index (χ1n) is 8.07. The van der Waals surface area contributed by atoms with Crippen molar-refractivity contribution in [3.63, 3.8) is 0 Å². The normalized spacial score (nSPS) is 13.6. The fourth-order valence-corrected chi connectivity index (χ4v) is 2.68. The molecule has 0 amide bonds. The maximum Gasteiger partial charge on any atom is 0.397 e. The maximum atomic E-state index is 10.3. The van der Waals surface area contributed by atoms with Crippen molar-refractivity contribution in [3.8, 4) is 0 Å². The average Bonchev–Trinajstić information content (AvgIpc) is 2.36. The monoisotopic (exact) mass is 308 g/mol. The third-order valence-electron chi connectivity index (χ3n) is 3.62. The molecule has 4 nitrogen and oxygen atoms in total. The molecular weight excluding hydrogens is 276 g/mol. The Morgan fingerprint density at radius 2 is 1.40 bits per heavy atom. The van der Waals surface area contributed by atoms with Gasteiger partial charge in [0.15, 0.2) is 0 Å².